The minimum absolute atomic E-state index is 0.0393. The number of aromatic nitrogens is 2. The SMILES string of the molecule is CN(C)C(=O)COC[C@@H]1CN(Cc2ncc[nH]2)CC(C)(C)O1. The number of hydrogen-bond donors (Lipinski definition) is 1. The summed E-state index contributed by atoms with van der Waals surface area (Å²) in [6, 6.07) is 0. The first-order valence-corrected chi connectivity index (χ1v) is 7.52. The van der Waals surface area contributed by atoms with Crippen LogP contribution in [0.5, 0.6) is 0 Å². The Bertz CT molecular complexity index is 473. The van der Waals surface area contributed by atoms with Crippen molar-refractivity contribution >= 4 is 5.91 Å². The van der Waals surface area contributed by atoms with Crippen LogP contribution in [0.15, 0.2) is 12.4 Å². The van der Waals surface area contributed by atoms with Gasteiger partial charge in [0.2, 0.25) is 5.91 Å². The lowest BCUT2D eigenvalue weighted by Gasteiger charge is -2.42. The van der Waals surface area contributed by atoms with Crippen molar-refractivity contribution in [3.8, 4) is 0 Å². The van der Waals surface area contributed by atoms with Gasteiger partial charge >= 0.3 is 0 Å². The molecule has 1 fully saturated rings. The monoisotopic (exact) mass is 310 g/mol. The topological polar surface area (TPSA) is 70.7 Å². The van der Waals surface area contributed by atoms with Crippen molar-refractivity contribution in [1.82, 2.24) is 19.8 Å². The number of carbonyl (C=O) groups excluding carboxylic acids is 1. The molecule has 0 aliphatic carbocycles. The molecule has 0 spiro atoms. The first-order valence-electron chi connectivity index (χ1n) is 7.52. The molecule has 0 unspecified atom stereocenters. The van der Waals surface area contributed by atoms with E-state index in [1.54, 1.807) is 20.3 Å². The van der Waals surface area contributed by atoms with Gasteiger partial charge in [-0.2, -0.15) is 0 Å². The highest BCUT2D eigenvalue weighted by molar-refractivity contribution is 5.76. The third-order valence-corrected chi connectivity index (χ3v) is 3.51. The summed E-state index contributed by atoms with van der Waals surface area (Å²) in [5, 5.41) is 0. The highest BCUT2D eigenvalue weighted by atomic mass is 16.5. The number of rotatable bonds is 6. The van der Waals surface area contributed by atoms with Crippen LogP contribution in [0.2, 0.25) is 0 Å². The van der Waals surface area contributed by atoms with Gasteiger partial charge in [0.15, 0.2) is 0 Å². The normalized spacial score (nSPS) is 21.7. The Morgan fingerprint density at radius 3 is 3.00 bits per heavy atom. The number of carbonyl (C=O) groups is 1. The predicted octanol–water partition coefficient (Wildman–Crippen LogP) is 0.494. The van der Waals surface area contributed by atoms with Crippen molar-refractivity contribution in [3.05, 3.63) is 18.2 Å². The number of H-pyrrole nitrogens is 1. The molecule has 1 amide bonds. The highest BCUT2D eigenvalue weighted by Gasteiger charge is 2.33. The standard InChI is InChI=1S/C15H26N4O3/c1-15(2)11-19(8-13-16-5-6-17-13)7-12(22-15)9-21-10-14(20)18(3)4/h5-6,12H,7-11H2,1-4H3,(H,16,17)/t12-/m0/s1. The Hall–Kier alpha value is -1.44. The number of aromatic amines is 1. The van der Waals surface area contributed by atoms with E-state index in [4.69, 9.17) is 9.47 Å². The van der Waals surface area contributed by atoms with Crippen molar-refractivity contribution < 1.29 is 14.3 Å². The van der Waals surface area contributed by atoms with E-state index in [1.165, 1.54) is 4.90 Å². The maximum Gasteiger partial charge on any atom is 0.248 e. The zero-order chi connectivity index (χ0) is 16.2. The van der Waals surface area contributed by atoms with Gasteiger partial charge in [-0.3, -0.25) is 9.69 Å². The fourth-order valence-electron chi connectivity index (χ4n) is 2.63. The largest absolute Gasteiger partial charge is 0.369 e. The van der Waals surface area contributed by atoms with Gasteiger partial charge in [0.25, 0.3) is 0 Å². The van der Waals surface area contributed by atoms with Crippen molar-refractivity contribution in [3.63, 3.8) is 0 Å². The highest BCUT2D eigenvalue weighted by Crippen LogP contribution is 2.22. The molecule has 0 aromatic carbocycles. The van der Waals surface area contributed by atoms with Crippen LogP contribution in [0.3, 0.4) is 0 Å². The lowest BCUT2D eigenvalue weighted by Crippen LogP contribution is -2.53. The molecule has 7 heteroatoms. The van der Waals surface area contributed by atoms with Gasteiger partial charge in [-0.15, -0.1) is 0 Å². The van der Waals surface area contributed by atoms with E-state index >= 15 is 0 Å². The van der Waals surface area contributed by atoms with Crippen LogP contribution in [0.25, 0.3) is 0 Å². The number of imidazole rings is 1. The number of hydrogen-bond acceptors (Lipinski definition) is 5. The van der Waals surface area contributed by atoms with Gasteiger partial charge < -0.3 is 19.4 Å². The number of ether oxygens (including phenoxy) is 2. The maximum absolute atomic E-state index is 11.5. The summed E-state index contributed by atoms with van der Waals surface area (Å²) in [6.45, 7) is 7.00. The van der Waals surface area contributed by atoms with E-state index in [9.17, 15) is 4.79 Å². The van der Waals surface area contributed by atoms with Crippen LogP contribution in [0.4, 0.5) is 0 Å². The molecule has 1 aliphatic heterocycles. The molecule has 0 radical (unpaired) electrons. The minimum Gasteiger partial charge on any atom is -0.369 e. The van der Waals surface area contributed by atoms with Crippen molar-refractivity contribution in [2.24, 2.45) is 0 Å². The molecule has 1 atom stereocenters. The first kappa shape index (κ1) is 16.9. The van der Waals surface area contributed by atoms with E-state index < -0.39 is 0 Å². The van der Waals surface area contributed by atoms with Crippen molar-refractivity contribution in [2.45, 2.75) is 32.1 Å². The smallest absolute Gasteiger partial charge is 0.248 e. The van der Waals surface area contributed by atoms with Gasteiger partial charge in [-0.05, 0) is 13.8 Å². The summed E-state index contributed by atoms with van der Waals surface area (Å²) in [7, 11) is 3.44. The molecule has 1 aromatic rings. The Morgan fingerprint density at radius 2 is 2.36 bits per heavy atom. The predicted molar refractivity (Wildman–Crippen MR) is 82.3 cm³/mol. The minimum atomic E-state index is -0.246. The first-order chi connectivity index (χ1) is 10.4. The molecule has 1 N–H and O–H groups in total. The molecule has 0 bridgehead atoms. The van der Waals surface area contributed by atoms with Crippen LogP contribution in [0.1, 0.15) is 19.7 Å². The average Bonchev–Trinajstić information content (AvgIpc) is 2.89. The van der Waals surface area contributed by atoms with Gasteiger partial charge in [-0.1, -0.05) is 0 Å². The Kier molecular flexibility index (Phi) is 5.55. The molecule has 2 rings (SSSR count). The number of morpholine rings is 1. The molecule has 0 saturated carbocycles. The summed E-state index contributed by atoms with van der Waals surface area (Å²) in [6.07, 6.45) is 3.54. The van der Waals surface area contributed by atoms with Crippen molar-refractivity contribution in [1.29, 1.82) is 0 Å². The lowest BCUT2D eigenvalue weighted by molar-refractivity contribution is -0.161. The summed E-state index contributed by atoms with van der Waals surface area (Å²) in [4.78, 5) is 22.7. The zero-order valence-electron chi connectivity index (χ0n) is 13.8. The fourth-order valence-corrected chi connectivity index (χ4v) is 2.63. The molecule has 1 saturated heterocycles. The second kappa shape index (κ2) is 7.21. The van der Waals surface area contributed by atoms with Gasteiger partial charge in [0, 0.05) is 39.6 Å². The van der Waals surface area contributed by atoms with Crippen LogP contribution in [0, 0.1) is 0 Å². The van der Waals surface area contributed by atoms with Crippen LogP contribution in [-0.4, -0.2) is 77.8 Å². The fraction of sp³-hybridized carbons (Fsp3) is 0.733. The maximum atomic E-state index is 11.5. The van der Waals surface area contributed by atoms with E-state index in [2.05, 4.69) is 28.7 Å². The third kappa shape index (κ3) is 5.08. The van der Waals surface area contributed by atoms with Gasteiger partial charge in [0.05, 0.1) is 24.9 Å². The number of nitrogens with one attached hydrogen (secondary N) is 1. The Morgan fingerprint density at radius 1 is 1.59 bits per heavy atom. The second-order valence-corrected chi connectivity index (χ2v) is 6.51. The van der Waals surface area contributed by atoms with Crippen molar-refractivity contribution in [2.75, 3.05) is 40.4 Å². The number of nitrogens with zero attached hydrogens (tertiary/aromatic N) is 3. The summed E-state index contributed by atoms with van der Waals surface area (Å²) >= 11 is 0. The molecule has 7 nitrogen and oxygen atoms in total. The van der Waals surface area contributed by atoms with Crippen LogP contribution in [-0.2, 0) is 20.8 Å². The number of likely N-dealkylation sites (N-methyl/N-ethyl adjacent to an activating group) is 1. The van der Waals surface area contributed by atoms with Crippen LogP contribution >= 0.6 is 0 Å². The summed E-state index contributed by atoms with van der Waals surface area (Å²) in [5.74, 6) is 0.905. The molecule has 1 aliphatic rings. The third-order valence-electron chi connectivity index (χ3n) is 3.51. The molecular formula is C15H26N4O3. The average molecular weight is 310 g/mol. The van der Waals surface area contributed by atoms with E-state index in [0.717, 1.165) is 25.5 Å². The molecule has 22 heavy (non-hydrogen) atoms. The lowest BCUT2D eigenvalue weighted by atomic mass is 10.1. The van der Waals surface area contributed by atoms with Gasteiger partial charge in [-0.25, -0.2) is 4.98 Å². The molecule has 2 heterocycles. The van der Waals surface area contributed by atoms with Gasteiger partial charge in [0.1, 0.15) is 12.4 Å². The van der Waals surface area contributed by atoms with E-state index in [0.29, 0.717) is 6.61 Å². The summed E-state index contributed by atoms with van der Waals surface area (Å²) < 4.78 is 11.6. The molecule has 1 aromatic heterocycles. The Balaban J connectivity index is 1.84. The van der Waals surface area contributed by atoms with E-state index in [-0.39, 0.29) is 24.2 Å². The number of amides is 1. The Labute approximate surface area is 131 Å². The van der Waals surface area contributed by atoms with Crippen LogP contribution < -0.4 is 0 Å². The second-order valence-electron chi connectivity index (χ2n) is 6.51. The summed E-state index contributed by atoms with van der Waals surface area (Å²) in [5.41, 5.74) is -0.246. The molecule has 124 valence electrons. The molecular weight excluding hydrogens is 284 g/mol. The van der Waals surface area contributed by atoms with E-state index in [1.807, 2.05) is 6.20 Å². The zero-order valence-corrected chi connectivity index (χ0v) is 13.8. The quantitative estimate of drug-likeness (QED) is 0.828.